The number of ether oxygens (including phenoxy) is 1. The number of hydrogen-bond donors (Lipinski definition) is 0. The molecule has 0 bridgehead atoms. The van der Waals surface area contributed by atoms with E-state index in [0.717, 1.165) is 24.3 Å². The smallest absolute Gasteiger partial charge is 0.255 e. The minimum absolute atomic E-state index is 0.0383. The van der Waals surface area contributed by atoms with E-state index in [2.05, 4.69) is 6.07 Å². The second-order valence-corrected chi connectivity index (χ2v) is 6.96. The maximum absolute atomic E-state index is 12.6. The highest BCUT2D eigenvalue weighted by Gasteiger charge is 2.25. The highest BCUT2D eigenvalue weighted by atomic mass is 16.5. The number of aryl methyl sites for hydroxylation is 1. The molecule has 3 heterocycles. The molecule has 4 rings (SSSR count). The number of aromatic nitrogens is 1. The fourth-order valence-electron chi connectivity index (χ4n) is 3.61. The minimum Gasteiger partial charge on any atom is -0.493 e. The van der Waals surface area contributed by atoms with Crippen LogP contribution in [0.25, 0.3) is 0 Å². The van der Waals surface area contributed by atoms with Crippen LogP contribution in [0.2, 0.25) is 0 Å². The van der Waals surface area contributed by atoms with Crippen molar-refractivity contribution in [3.63, 3.8) is 0 Å². The summed E-state index contributed by atoms with van der Waals surface area (Å²) in [5.74, 6) is 1.10. The van der Waals surface area contributed by atoms with Crippen molar-refractivity contribution in [1.29, 1.82) is 0 Å². The largest absolute Gasteiger partial charge is 0.493 e. The topological polar surface area (TPSA) is 54.8 Å². The Bertz CT molecular complexity index is 835. The van der Waals surface area contributed by atoms with Gasteiger partial charge in [-0.2, -0.15) is 0 Å². The number of amides is 2. The van der Waals surface area contributed by atoms with Crippen LogP contribution in [-0.2, 0) is 24.7 Å². The molecule has 0 atom stereocenters. The Balaban J connectivity index is 1.33. The van der Waals surface area contributed by atoms with Gasteiger partial charge >= 0.3 is 0 Å². The van der Waals surface area contributed by atoms with Crippen LogP contribution in [-0.4, -0.2) is 59.0 Å². The monoisotopic (exact) mass is 353 g/mol. The van der Waals surface area contributed by atoms with Gasteiger partial charge in [-0.3, -0.25) is 9.59 Å². The lowest BCUT2D eigenvalue weighted by Crippen LogP contribution is -2.50. The summed E-state index contributed by atoms with van der Waals surface area (Å²) in [6, 6.07) is 7.84. The van der Waals surface area contributed by atoms with Crippen LogP contribution in [0.5, 0.6) is 5.75 Å². The van der Waals surface area contributed by atoms with Crippen LogP contribution in [0.4, 0.5) is 0 Å². The van der Waals surface area contributed by atoms with Crippen LogP contribution >= 0.6 is 0 Å². The van der Waals surface area contributed by atoms with Crippen molar-refractivity contribution in [3.05, 3.63) is 53.3 Å². The van der Waals surface area contributed by atoms with Crippen molar-refractivity contribution >= 4 is 11.8 Å². The lowest BCUT2D eigenvalue weighted by molar-refractivity contribution is -0.131. The average molecular weight is 353 g/mol. The second kappa shape index (κ2) is 6.86. The Kier molecular flexibility index (Phi) is 4.41. The van der Waals surface area contributed by atoms with Crippen LogP contribution in [0.3, 0.4) is 0 Å². The third kappa shape index (κ3) is 3.31. The van der Waals surface area contributed by atoms with Gasteiger partial charge in [-0.05, 0) is 23.3 Å². The van der Waals surface area contributed by atoms with Gasteiger partial charge < -0.3 is 19.1 Å². The van der Waals surface area contributed by atoms with Gasteiger partial charge in [0.2, 0.25) is 5.91 Å². The van der Waals surface area contributed by atoms with E-state index in [1.807, 2.05) is 52.0 Å². The van der Waals surface area contributed by atoms with E-state index in [9.17, 15) is 9.59 Å². The SMILES string of the molecule is Cn1ccc(C(=O)N2CCN(C(=O)Cc3ccc4c(c3)CCO4)CC2)c1. The van der Waals surface area contributed by atoms with Gasteiger partial charge in [0.05, 0.1) is 18.6 Å². The maximum Gasteiger partial charge on any atom is 0.255 e. The van der Waals surface area contributed by atoms with Crippen molar-refractivity contribution in [1.82, 2.24) is 14.4 Å². The molecule has 0 saturated carbocycles. The Labute approximate surface area is 153 Å². The highest BCUT2D eigenvalue weighted by molar-refractivity contribution is 5.94. The number of fused-ring (bicyclic) bond motifs is 1. The maximum atomic E-state index is 12.6. The molecule has 1 aromatic heterocycles. The summed E-state index contributed by atoms with van der Waals surface area (Å²) in [5.41, 5.74) is 2.92. The second-order valence-electron chi connectivity index (χ2n) is 6.96. The number of piperazine rings is 1. The summed E-state index contributed by atoms with van der Waals surface area (Å²) in [4.78, 5) is 28.8. The summed E-state index contributed by atoms with van der Waals surface area (Å²) >= 11 is 0. The summed E-state index contributed by atoms with van der Waals surface area (Å²) in [6.07, 6.45) is 5.02. The van der Waals surface area contributed by atoms with E-state index < -0.39 is 0 Å². The molecule has 2 amide bonds. The van der Waals surface area contributed by atoms with Crippen molar-refractivity contribution in [2.75, 3.05) is 32.8 Å². The molecule has 26 heavy (non-hydrogen) atoms. The number of rotatable bonds is 3. The van der Waals surface area contributed by atoms with Gasteiger partial charge in [0.1, 0.15) is 5.75 Å². The molecule has 2 aliphatic rings. The van der Waals surface area contributed by atoms with E-state index in [1.165, 1.54) is 5.56 Å². The third-order valence-electron chi connectivity index (χ3n) is 5.11. The molecule has 0 aliphatic carbocycles. The molecular weight excluding hydrogens is 330 g/mol. The van der Waals surface area contributed by atoms with Gasteiger partial charge in [0.15, 0.2) is 0 Å². The van der Waals surface area contributed by atoms with Crippen LogP contribution in [0, 0.1) is 0 Å². The molecule has 2 aromatic rings. The molecule has 2 aliphatic heterocycles. The van der Waals surface area contributed by atoms with E-state index in [4.69, 9.17) is 4.74 Å². The molecule has 1 aromatic carbocycles. The van der Waals surface area contributed by atoms with Gasteiger partial charge in [-0.1, -0.05) is 12.1 Å². The van der Waals surface area contributed by atoms with Crippen molar-refractivity contribution in [2.24, 2.45) is 7.05 Å². The Morgan fingerprint density at radius 3 is 2.58 bits per heavy atom. The summed E-state index contributed by atoms with van der Waals surface area (Å²) in [6.45, 7) is 3.07. The lowest BCUT2D eigenvalue weighted by atomic mass is 10.1. The fourth-order valence-corrected chi connectivity index (χ4v) is 3.61. The molecular formula is C20H23N3O3. The Hall–Kier alpha value is -2.76. The Morgan fingerprint density at radius 1 is 1.08 bits per heavy atom. The predicted octanol–water partition coefficient (Wildman–Crippen LogP) is 1.49. The standard InChI is InChI=1S/C20H23N3O3/c1-21-6-4-17(14-21)20(25)23-9-7-22(8-10-23)19(24)13-15-2-3-18-16(12-15)5-11-26-18/h2-4,6,12,14H,5,7-11,13H2,1H3. The van der Waals surface area contributed by atoms with Gasteiger partial charge in [-0.15, -0.1) is 0 Å². The van der Waals surface area contributed by atoms with Crippen LogP contribution in [0.1, 0.15) is 21.5 Å². The molecule has 0 radical (unpaired) electrons. The molecule has 0 unspecified atom stereocenters. The fraction of sp³-hybridized carbons (Fsp3) is 0.400. The summed E-state index contributed by atoms with van der Waals surface area (Å²) in [7, 11) is 1.90. The molecule has 6 heteroatoms. The molecule has 1 saturated heterocycles. The highest BCUT2D eigenvalue weighted by Crippen LogP contribution is 2.26. The first-order valence-corrected chi connectivity index (χ1v) is 9.04. The number of carbonyl (C=O) groups excluding carboxylic acids is 2. The predicted molar refractivity (Wildman–Crippen MR) is 97.2 cm³/mol. The number of carbonyl (C=O) groups is 2. The zero-order valence-corrected chi connectivity index (χ0v) is 15.0. The zero-order chi connectivity index (χ0) is 18.1. The average Bonchev–Trinajstić information content (AvgIpc) is 3.29. The molecule has 136 valence electrons. The summed E-state index contributed by atoms with van der Waals surface area (Å²) < 4.78 is 7.38. The van der Waals surface area contributed by atoms with E-state index in [0.29, 0.717) is 38.2 Å². The molecule has 6 nitrogen and oxygen atoms in total. The number of hydrogen-bond acceptors (Lipinski definition) is 3. The van der Waals surface area contributed by atoms with E-state index >= 15 is 0 Å². The molecule has 1 fully saturated rings. The van der Waals surface area contributed by atoms with Gasteiger partial charge in [0, 0.05) is 52.0 Å². The quantitative estimate of drug-likeness (QED) is 0.840. The first kappa shape index (κ1) is 16.7. The first-order valence-electron chi connectivity index (χ1n) is 9.04. The summed E-state index contributed by atoms with van der Waals surface area (Å²) in [5, 5.41) is 0. The zero-order valence-electron chi connectivity index (χ0n) is 15.0. The van der Waals surface area contributed by atoms with Gasteiger partial charge in [0.25, 0.3) is 5.91 Å². The molecule has 0 N–H and O–H groups in total. The van der Waals surface area contributed by atoms with Crippen molar-refractivity contribution in [2.45, 2.75) is 12.8 Å². The van der Waals surface area contributed by atoms with Crippen molar-refractivity contribution in [3.8, 4) is 5.75 Å². The third-order valence-corrected chi connectivity index (χ3v) is 5.11. The Morgan fingerprint density at radius 2 is 1.85 bits per heavy atom. The van der Waals surface area contributed by atoms with Gasteiger partial charge in [-0.25, -0.2) is 0 Å². The minimum atomic E-state index is 0.0383. The normalized spacial score (nSPS) is 16.3. The number of nitrogens with zero attached hydrogens (tertiary/aromatic N) is 3. The van der Waals surface area contributed by atoms with Crippen molar-refractivity contribution < 1.29 is 14.3 Å². The first-order chi connectivity index (χ1) is 12.6. The van der Waals surface area contributed by atoms with E-state index in [1.54, 1.807) is 0 Å². The van der Waals surface area contributed by atoms with Crippen LogP contribution < -0.4 is 4.74 Å². The lowest BCUT2D eigenvalue weighted by Gasteiger charge is -2.34. The molecule has 0 spiro atoms. The number of benzene rings is 1. The van der Waals surface area contributed by atoms with Crippen LogP contribution in [0.15, 0.2) is 36.7 Å². The van der Waals surface area contributed by atoms with E-state index in [-0.39, 0.29) is 11.8 Å².